The van der Waals surface area contributed by atoms with Crippen molar-refractivity contribution in [2.75, 3.05) is 0 Å². The molecule has 4 rings (SSSR count). The molecule has 0 radical (unpaired) electrons. The maximum atomic E-state index is 4.39. The van der Waals surface area contributed by atoms with Crippen molar-refractivity contribution in [3.8, 4) is 0 Å². The Balaban J connectivity index is 1.97. The lowest BCUT2D eigenvalue weighted by Crippen LogP contribution is -2.14. The quantitative estimate of drug-likeness (QED) is 0.543. The molecule has 2 nitrogen and oxygen atoms in total. The number of hydrogen-bond donors (Lipinski definition) is 0. The number of benzene rings is 1. The highest BCUT2D eigenvalue weighted by Crippen LogP contribution is 2.60. The molecule has 3 unspecified atom stereocenters. The summed E-state index contributed by atoms with van der Waals surface area (Å²) < 4.78 is 0. The molecule has 1 aromatic rings. The van der Waals surface area contributed by atoms with Gasteiger partial charge < -0.3 is 0 Å². The van der Waals surface area contributed by atoms with Gasteiger partial charge >= 0.3 is 0 Å². The number of nitrogens with zero attached hydrogens (tertiary/aromatic N) is 2. The first-order valence-corrected chi connectivity index (χ1v) is 4.86. The van der Waals surface area contributed by atoms with Gasteiger partial charge in [-0.1, -0.05) is 24.3 Å². The molecule has 3 atom stereocenters. The second kappa shape index (κ2) is 1.79. The van der Waals surface area contributed by atoms with Crippen LogP contribution in [-0.4, -0.2) is 17.3 Å². The lowest BCUT2D eigenvalue weighted by Gasteiger charge is -2.18. The SMILES string of the molecule is C1=NN2C3c4ccccc4C(C1)C32. The van der Waals surface area contributed by atoms with Crippen LogP contribution in [0.3, 0.4) is 0 Å². The number of fused-ring (bicyclic) bond motifs is 4. The minimum Gasteiger partial charge on any atom is -0.282 e. The van der Waals surface area contributed by atoms with E-state index < -0.39 is 0 Å². The second-order valence-corrected chi connectivity index (χ2v) is 4.08. The van der Waals surface area contributed by atoms with Gasteiger partial charge in [0.2, 0.25) is 0 Å². The summed E-state index contributed by atoms with van der Waals surface area (Å²) in [4.78, 5) is 0. The van der Waals surface area contributed by atoms with E-state index in [9.17, 15) is 0 Å². The molecule has 1 aliphatic carbocycles. The van der Waals surface area contributed by atoms with Gasteiger partial charge in [-0.3, -0.25) is 5.01 Å². The molecule has 0 bridgehead atoms. The Labute approximate surface area is 76.9 Å². The van der Waals surface area contributed by atoms with E-state index in [1.807, 2.05) is 0 Å². The van der Waals surface area contributed by atoms with Gasteiger partial charge in [0.25, 0.3) is 0 Å². The fourth-order valence-electron chi connectivity index (χ4n) is 2.94. The molecule has 0 aromatic heterocycles. The number of rotatable bonds is 0. The lowest BCUT2D eigenvalue weighted by atomic mass is 9.96. The second-order valence-electron chi connectivity index (χ2n) is 4.08. The van der Waals surface area contributed by atoms with Crippen molar-refractivity contribution in [3.05, 3.63) is 35.4 Å². The lowest BCUT2D eigenvalue weighted by molar-refractivity contribution is 0.448. The van der Waals surface area contributed by atoms with Crippen LogP contribution in [0.25, 0.3) is 0 Å². The fourth-order valence-corrected chi connectivity index (χ4v) is 2.94. The summed E-state index contributed by atoms with van der Waals surface area (Å²) >= 11 is 0. The number of hydrogen-bond acceptors (Lipinski definition) is 2. The summed E-state index contributed by atoms with van der Waals surface area (Å²) in [5, 5.41) is 6.64. The van der Waals surface area contributed by atoms with Crippen LogP contribution in [0.15, 0.2) is 29.4 Å². The van der Waals surface area contributed by atoms with E-state index in [1.165, 1.54) is 5.56 Å². The maximum absolute atomic E-state index is 4.39. The monoisotopic (exact) mass is 170 g/mol. The Morgan fingerprint density at radius 2 is 2.08 bits per heavy atom. The predicted octanol–water partition coefficient (Wildman–Crippen LogP) is 1.90. The molecular formula is C11H10N2. The van der Waals surface area contributed by atoms with Crippen LogP contribution in [0.5, 0.6) is 0 Å². The predicted molar refractivity (Wildman–Crippen MR) is 50.7 cm³/mol. The molecule has 1 saturated heterocycles. The van der Waals surface area contributed by atoms with Crippen molar-refractivity contribution < 1.29 is 0 Å². The van der Waals surface area contributed by atoms with Crippen molar-refractivity contribution in [1.29, 1.82) is 0 Å². The Bertz CT molecular complexity index is 395. The number of hydrazone groups is 1. The van der Waals surface area contributed by atoms with Gasteiger partial charge in [0, 0.05) is 12.1 Å². The summed E-state index contributed by atoms with van der Waals surface area (Å²) in [6, 6.07) is 10.2. The van der Waals surface area contributed by atoms with E-state index in [0.717, 1.165) is 12.3 Å². The van der Waals surface area contributed by atoms with E-state index in [1.54, 1.807) is 5.56 Å². The summed E-state index contributed by atoms with van der Waals surface area (Å²) in [6.45, 7) is 0. The smallest absolute Gasteiger partial charge is 0.0953 e. The van der Waals surface area contributed by atoms with Gasteiger partial charge in [-0.15, -0.1) is 0 Å². The molecule has 1 fully saturated rings. The largest absolute Gasteiger partial charge is 0.282 e. The van der Waals surface area contributed by atoms with E-state index in [0.29, 0.717) is 12.1 Å². The summed E-state index contributed by atoms with van der Waals surface area (Å²) in [6.07, 6.45) is 3.20. The average molecular weight is 170 g/mol. The Morgan fingerprint density at radius 1 is 1.23 bits per heavy atom. The highest BCUT2D eigenvalue weighted by Gasteiger charge is 2.60. The van der Waals surface area contributed by atoms with Crippen LogP contribution in [0.1, 0.15) is 29.5 Å². The van der Waals surface area contributed by atoms with Gasteiger partial charge in [0.15, 0.2) is 0 Å². The van der Waals surface area contributed by atoms with Crippen molar-refractivity contribution >= 4 is 6.21 Å². The van der Waals surface area contributed by atoms with E-state index in [4.69, 9.17) is 0 Å². The normalized spacial score (nSPS) is 37.2. The zero-order valence-electron chi connectivity index (χ0n) is 7.22. The van der Waals surface area contributed by atoms with Crippen molar-refractivity contribution in [3.63, 3.8) is 0 Å². The highest BCUT2D eigenvalue weighted by molar-refractivity contribution is 5.64. The van der Waals surface area contributed by atoms with Crippen LogP contribution in [0, 0.1) is 0 Å². The summed E-state index contributed by atoms with van der Waals surface area (Å²) in [7, 11) is 0. The maximum Gasteiger partial charge on any atom is 0.0953 e. The molecule has 2 heterocycles. The summed E-state index contributed by atoms with van der Waals surface area (Å²) in [5.41, 5.74) is 3.09. The van der Waals surface area contributed by atoms with Crippen molar-refractivity contribution in [2.45, 2.75) is 24.4 Å². The van der Waals surface area contributed by atoms with E-state index in [2.05, 4.69) is 40.6 Å². The first-order chi connectivity index (χ1) is 6.47. The molecule has 0 amide bonds. The third-order valence-corrected chi connectivity index (χ3v) is 3.52. The molecule has 2 aliphatic heterocycles. The average Bonchev–Trinajstić information content (AvgIpc) is 2.80. The highest BCUT2D eigenvalue weighted by atomic mass is 15.6. The molecule has 0 N–H and O–H groups in total. The standard InChI is InChI=1S/C11H10N2/c1-2-4-8-7(3-1)9-5-6-12-13-10(8)11(9)13/h1-4,6,9-11H,5H2. The van der Waals surface area contributed by atoms with E-state index in [-0.39, 0.29) is 0 Å². The van der Waals surface area contributed by atoms with Crippen LogP contribution < -0.4 is 0 Å². The minimum absolute atomic E-state index is 0.625. The zero-order chi connectivity index (χ0) is 8.41. The molecule has 1 aromatic carbocycles. The van der Waals surface area contributed by atoms with E-state index >= 15 is 0 Å². The van der Waals surface area contributed by atoms with Gasteiger partial charge in [0.05, 0.1) is 12.1 Å². The van der Waals surface area contributed by atoms with Gasteiger partial charge in [0.1, 0.15) is 0 Å². The Kier molecular flexibility index (Phi) is 0.852. The first-order valence-electron chi connectivity index (χ1n) is 4.86. The Hall–Kier alpha value is -1.31. The molecule has 0 spiro atoms. The molecule has 3 aliphatic rings. The third kappa shape index (κ3) is 0.568. The van der Waals surface area contributed by atoms with Crippen LogP contribution in [0.2, 0.25) is 0 Å². The zero-order valence-corrected chi connectivity index (χ0v) is 7.22. The minimum atomic E-state index is 0.625. The third-order valence-electron chi connectivity index (χ3n) is 3.52. The Morgan fingerprint density at radius 3 is 3.00 bits per heavy atom. The first kappa shape index (κ1) is 6.19. The van der Waals surface area contributed by atoms with Crippen LogP contribution >= 0.6 is 0 Å². The molecule has 64 valence electrons. The molecule has 13 heavy (non-hydrogen) atoms. The van der Waals surface area contributed by atoms with Crippen molar-refractivity contribution in [2.24, 2.45) is 5.10 Å². The molecule has 2 heteroatoms. The fraction of sp³-hybridized carbons (Fsp3) is 0.364. The van der Waals surface area contributed by atoms with Crippen molar-refractivity contribution in [1.82, 2.24) is 5.01 Å². The molecular weight excluding hydrogens is 160 g/mol. The van der Waals surface area contributed by atoms with Gasteiger partial charge in [-0.05, 0) is 17.5 Å². The topological polar surface area (TPSA) is 15.4 Å². The molecule has 0 saturated carbocycles. The van der Waals surface area contributed by atoms with Crippen LogP contribution in [0.4, 0.5) is 0 Å². The van der Waals surface area contributed by atoms with Gasteiger partial charge in [-0.2, -0.15) is 5.10 Å². The van der Waals surface area contributed by atoms with Gasteiger partial charge in [-0.25, -0.2) is 0 Å². The summed E-state index contributed by atoms with van der Waals surface area (Å²) in [5.74, 6) is 0.735. The van der Waals surface area contributed by atoms with Crippen LogP contribution in [-0.2, 0) is 0 Å².